The van der Waals surface area contributed by atoms with Crippen molar-refractivity contribution in [3.8, 4) is 22.5 Å². The summed E-state index contributed by atoms with van der Waals surface area (Å²) in [5.41, 5.74) is 6.12. The first kappa shape index (κ1) is 13.0. The van der Waals surface area contributed by atoms with E-state index in [9.17, 15) is 0 Å². The predicted octanol–water partition coefficient (Wildman–Crippen LogP) is 4.17. The molecule has 0 atom stereocenters. The second-order valence-corrected chi connectivity index (χ2v) is 5.72. The van der Waals surface area contributed by atoms with Crippen molar-refractivity contribution in [2.24, 2.45) is 0 Å². The lowest BCUT2D eigenvalue weighted by molar-refractivity contribution is 1.12. The summed E-state index contributed by atoms with van der Waals surface area (Å²) in [6.45, 7) is 0. The Balaban J connectivity index is 1.71. The van der Waals surface area contributed by atoms with E-state index in [4.69, 9.17) is 0 Å². The fraction of sp³-hybridized carbons (Fsp3) is 0. The van der Waals surface area contributed by atoms with Crippen molar-refractivity contribution in [2.75, 3.05) is 0 Å². The first-order valence-corrected chi connectivity index (χ1v) is 7.70. The minimum atomic E-state index is 0.909. The van der Waals surface area contributed by atoms with Crippen LogP contribution in [-0.2, 0) is 0 Å². The van der Waals surface area contributed by atoms with E-state index in [0.717, 1.165) is 44.3 Å². The van der Waals surface area contributed by atoms with Crippen molar-refractivity contribution in [2.45, 2.75) is 0 Å². The molecule has 24 heavy (non-hydrogen) atoms. The monoisotopic (exact) mass is 311 g/mol. The maximum absolute atomic E-state index is 4.50. The highest BCUT2D eigenvalue weighted by atomic mass is 15.1. The Morgan fingerprint density at radius 1 is 0.792 bits per heavy atom. The van der Waals surface area contributed by atoms with Gasteiger partial charge in [-0.25, -0.2) is 0 Å². The van der Waals surface area contributed by atoms with Crippen LogP contribution >= 0.6 is 0 Å². The van der Waals surface area contributed by atoms with E-state index < -0.39 is 0 Å². The van der Waals surface area contributed by atoms with Crippen LogP contribution in [0.4, 0.5) is 0 Å². The Morgan fingerprint density at radius 2 is 1.75 bits per heavy atom. The molecule has 0 amide bonds. The molecular weight excluding hydrogens is 298 g/mol. The van der Waals surface area contributed by atoms with Gasteiger partial charge in [-0.1, -0.05) is 12.1 Å². The van der Waals surface area contributed by atoms with Gasteiger partial charge in [-0.2, -0.15) is 5.10 Å². The van der Waals surface area contributed by atoms with Gasteiger partial charge in [0.2, 0.25) is 0 Å². The second kappa shape index (κ2) is 5.03. The van der Waals surface area contributed by atoms with E-state index in [-0.39, 0.29) is 0 Å². The number of aromatic amines is 2. The molecule has 0 aliphatic rings. The summed E-state index contributed by atoms with van der Waals surface area (Å²) in [5, 5.41) is 9.82. The molecule has 0 unspecified atom stereocenters. The van der Waals surface area contributed by atoms with E-state index >= 15 is 0 Å². The van der Waals surface area contributed by atoms with E-state index in [0.29, 0.717) is 0 Å². The molecule has 0 saturated carbocycles. The summed E-state index contributed by atoms with van der Waals surface area (Å²) in [4.78, 5) is 11.8. The van der Waals surface area contributed by atoms with Crippen LogP contribution in [0.15, 0.2) is 67.3 Å². The third kappa shape index (κ3) is 1.99. The second-order valence-electron chi connectivity index (χ2n) is 5.72. The molecule has 5 heteroatoms. The van der Waals surface area contributed by atoms with Crippen molar-refractivity contribution >= 4 is 21.8 Å². The standard InChI is InChI=1S/C19H13N5/c1-2-14(10-20-6-1)12-3-4-16-15(8-12)19(24-23-16)17-9-13-5-7-21-11-18(13)22-17/h1-11,22H,(H,23,24). The molecule has 114 valence electrons. The molecule has 4 heterocycles. The van der Waals surface area contributed by atoms with E-state index in [2.05, 4.69) is 55.5 Å². The Labute approximate surface area is 137 Å². The molecular formula is C19H13N5. The van der Waals surface area contributed by atoms with E-state index in [1.807, 2.05) is 24.5 Å². The number of pyridine rings is 2. The zero-order chi connectivity index (χ0) is 15.9. The van der Waals surface area contributed by atoms with Crippen molar-refractivity contribution in [3.63, 3.8) is 0 Å². The molecule has 1 aromatic carbocycles. The Morgan fingerprint density at radius 3 is 2.62 bits per heavy atom. The van der Waals surface area contributed by atoms with Crippen LogP contribution in [0.25, 0.3) is 44.3 Å². The molecule has 2 N–H and O–H groups in total. The summed E-state index contributed by atoms with van der Waals surface area (Å²) < 4.78 is 0. The van der Waals surface area contributed by atoms with Crippen LogP contribution in [0.3, 0.4) is 0 Å². The quantitative estimate of drug-likeness (QED) is 0.514. The lowest BCUT2D eigenvalue weighted by atomic mass is 10.0. The Bertz CT molecular complexity index is 1120. The van der Waals surface area contributed by atoms with E-state index in [1.54, 1.807) is 12.4 Å². The van der Waals surface area contributed by atoms with Crippen molar-refractivity contribution in [1.29, 1.82) is 0 Å². The highest BCUT2D eigenvalue weighted by Gasteiger charge is 2.12. The number of H-pyrrole nitrogens is 2. The van der Waals surface area contributed by atoms with Gasteiger partial charge in [-0.05, 0) is 35.9 Å². The van der Waals surface area contributed by atoms with Crippen LogP contribution in [0.2, 0.25) is 0 Å². The van der Waals surface area contributed by atoms with E-state index in [1.165, 1.54) is 0 Å². The van der Waals surface area contributed by atoms with Crippen LogP contribution in [-0.4, -0.2) is 25.1 Å². The third-order valence-corrected chi connectivity index (χ3v) is 4.24. The number of nitrogens with zero attached hydrogens (tertiary/aromatic N) is 3. The number of nitrogens with one attached hydrogen (secondary N) is 2. The minimum absolute atomic E-state index is 0.909. The summed E-state index contributed by atoms with van der Waals surface area (Å²) >= 11 is 0. The van der Waals surface area contributed by atoms with Gasteiger partial charge in [0.15, 0.2) is 0 Å². The zero-order valence-corrected chi connectivity index (χ0v) is 12.7. The lowest BCUT2D eigenvalue weighted by Gasteiger charge is -2.01. The molecule has 0 spiro atoms. The number of aromatic nitrogens is 5. The molecule has 0 radical (unpaired) electrons. The number of rotatable bonds is 2. The number of hydrogen-bond acceptors (Lipinski definition) is 3. The first-order valence-electron chi connectivity index (χ1n) is 7.70. The van der Waals surface area contributed by atoms with Crippen molar-refractivity contribution in [1.82, 2.24) is 25.1 Å². The molecule has 0 aliphatic carbocycles. The first-order chi connectivity index (χ1) is 11.9. The van der Waals surface area contributed by atoms with Crippen molar-refractivity contribution < 1.29 is 0 Å². The fourth-order valence-electron chi connectivity index (χ4n) is 3.03. The fourth-order valence-corrected chi connectivity index (χ4v) is 3.03. The SMILES string of the molecule is c1cncc(-c2ccc3[nH]nc(-c4cc5ccncc5[nH]4)c3c2)c1. The van der Waals surface area contributed by atoms with Crippen LogP contribution in [0, 0.1) is 0 Å². The summed E-state index contributed by atoms with van der Waals surface area (Å²) in [5.74, 6) is 0. The summed E-state index contributed by atoms with van der Waals surface area (Å²) in [6, 6.07) is 14.4. The highest BCUT2D eigenvalue weighted by molar-refractivity contribution is 5.97. The minimum Gasteiger partial charge on any atom is -0.352 e. The van der Waals surface area contributed by atoms with Gasteiger partial charge in [0.05, 0.1) is 22.9 Å². The van der Waals surface area contributed by atoms with Crippen LogP contribution in [0.5, 0.6) is 0 Å². The normalized spacial score (nSPS) is 11.3. The molecule has 0 fully saturated rings. The molecule has 0 aliphatic heterocycles. The largest absolute Gasteiger partial charge is 0.352 e. The predicted molar refractivity (Wildman–Crippen MR) is 94.4 cm³/mol. The molecule has 5 aromatic rings. The van der Waals surface area contributed by atoms with Crippen LogP contribution < -0.4 is 0 Å². The average molecular weight is 311 g/mol. The topological polar surface area (TPSA) is 70.2 Å². The van der Waals surface area contributed by atoms with Gasteiger partial charge in [-0.3, -0.25) is 15.1 Å². The number of benzene rings is 1. The Hall–Kier alpha value is -3.47. The maximum atomic E-state index is 4.50. The average Bonchev–Trinajstić information content (AvgIpc) is 3.25. The van der Waals surface area contributed by atoms with Gasteiger partial charge in [0.25, 0.3) is 0 Å². The molecule has 0 bridgehead atoms. The van der Waals surface area contributed by atoms with Crippen LogP contribution in [0.1, 0.15) is 0 Å². The molecule has 5 nitrogen and oxygen atoms in total. The highest BCUT2D eigenvalue weighted by Crippen LogP contribution is 2.31. The molecule has 5 rings (SSSR count). The Kier molecular flexibility index (Phi) is 2.72. The number of fused-ring (bicyclic) bond motifs is 2. The van der Waals surface area contributed by atoms with Gasteiger partial charge < -0.3 is 4.98 Å². The smallest absolute Gasteiger partial charge is 0.116 e. The summed E-state index contributed by atoms with van der Waals surface area (Å²) in [6.07, 6.45) is 7.28. The van der Waals surface area contributed by atoms with Gasteiger partial charge in [0.1, 0.15) is 5.69 Å². The zero-order valence-electron chi connectivity index (χ0n) is 12.7. The number of hydrogen-bond donors (Lipinski definition) is 2. The van der Waals surface area contributed by atoms with Gasteiger partial charge in [0, 0.05) is 34.9 Å². The third-order valence-electron chi connectivity index (χ3n) is 4.24. The molecule has 0 saturated heterocycles. The van der Waals surface area contributed by atoms with Crippen molar-refractivity contribution in [3.05, 3.63) is 67.3 Å². The lowest BCUT2D eigenvalue weighted by Crippen LogP contribution is -1.81. The summed E-state index contributed by atoms with van der Waals surface area (Å²) in [7, 11) is 0. The van der Waals surface area contributed by atoms with Gasteiger partial charge in [-0.15, -0.1) is 0 Å². The maximum Gasteiger partial charge on any atom is 0.116 e. The molecule has 4 aromatic heterocycles. The van der Waals surface area contributed by atoms with Gasteiger partial charge >= 0.3 is 0 Å².